The summed E-state index contributed by atoms with van der Waals surface area (Å²) in [6, 6.07) is 9.98. The topological polar surface area (TPSA) is 12.0 Å². The Morgan fingerprint density at radius 1 is 1.00 bits per heavy atom. The molecular formula is C21H33N. The van der Waals surface area contributed by atoms with Crippen LogP contribution in [-0.4, -0.2) is 12.6 Å². The van der Waals surface area contributed by atoms with Crippen LogP contribution in [0.25, 0.3) is 0 Å². The molecule has 1 aromatic rings. The van der Waals surface area contributed by atoms with Crippen molar-refractivity contribution in [3.8, 4) is 0 Å². The van der Waals surface area contributed by atoms with E-state index in [-0.39, 0.29) is 0 Å². The molecule has 1 aliphatic heterocycles. The van der Waals surface area contributed by atoms with Gasteiger partial charge in [-0.05, 0) is 79.9 Å². The predicted molar refractivity (Wildman–Crippen MR) is 95.3 cm³/mol. The van der Waals surface area contributed by atoms with E-state index in [1.54, 1.807) is 11.1 Å². The van der Waals surface area contributed by atoms with Crippen molar-refractivity contribution in [2.75, 3.05) is 6.54 Å². The van der Waals surface area contributed by atoms with E-state index < -0.39 is 0 Å². The van der Waals surface area contributed by atoms with Gasteiger partial charge in [0.15, 0.2) is 0 Å². The fraction of sp³-hybridized carbons (Fsp3) is 0.714. The van der Waals surface area contributed by atoms with Crippen LogP contribution in [0.1, 0.15) is 76.3 Å². The van der Waals surface area contributed by atoms with Crippen LogP contribution in [0.15, 0.2) is 24.3 Å². The maximum atomic E-state index is 3.66. The minimum absolute atomic E-state index is 0.484. The van der Waals surface area contributed by atoms with Gasteiger partial charge < -0.3 is 5.32 Å². The maximum absolute atomic E-state index is 3.66. The van der Waals surface area contributed by atoms with E-state index >= 15 is 0 Å². The van der Waals surface area contributed by atoms with Gasteiger partial charge in [-0.3, -0.25) is 0 Å². The van der Waals surface area contributed by atoms with Crippen molar-refractivity contribution in [3.05, 3.63) is 35.4 Å². The Hall–Kier alpha value is -0.820. The molecule has 1 aliphatic carbocycles. The first-order valence-electron chi connectivity index (χ1n) is 9.35. The Kier molecular flexibility index (Phi) is 4.92. The minimum atomic E-state index is 0.484. The van der Waals surface area contributed by atoms with Gasteiger partial charge in [0.2, 0.25) is 0 Å². The van der Waals surface area contributed by atoms with E-state index in [9.17, 15) is 0 Å². The van der Waals surface area contributed by atoms with Crippen LogP contribution < -0.4 is 5.32 Å². The molecule has 1 saturated heterocycles. The van der Waals surface area contributed by atoms with Crippen molar-refractivity contribution in [3.63, 3.8) is 0 Å². The molecule has 0 bridgehead atoms. The van der Waals surface area contributed by atoms with Crippen molar-refractivity contribution >= 4 is 0 Å². The highest BCUT2D eigenvalue weighted by molar-refractivity contribution is 5.31. The van der Waals surface area contributed by atoms with Crippen molar-refractivity contribution in [1.29, 1.82) is 0 Å². The molecule has 3 rings (SSSR count). The summed E-state index contributed by atoms with van der Waals surface area (Å²) in [4.78, 5) is 0. The molecule has 2 aliphatic rings. The molecule has 2 fully saturated rings. The molecule has 1 N–H and O–H groups in total. The Morgan fingerprint density at radius 3 is 2.36 bits per heavy atom. The summed E-state index contributed by atoms with van der Waals surface area (Å²) in [5, 5.41) is 3.66. The summed E-state index contributed by atoms with van der Waals surface area (Å²) in [7, 11) is 0. The van der Waals surface area contributed by atoms with Gasteiger partial charge in [-0.15, -0.1) is 0 Å². The Balaban J connectivity index is 1.67. The van der Waals surface area contributed by atoms with E-state index in [0.717, 1.165) is 11.8 Å². The van der Waals surface area contributed by atoms with Gasteiger partial charge in [0.1, 0.15) is 0 Å². The van der Waals surface area contributed by atoms with E-state index in [4.69, 9.17) is 0 Å². The molecule has 1 aromatic carbocycles. The standard InChI is InChI=1S/C21H33N/c1-21(2,3)18-12-10-16(11-13-18)20-9-5-4-7-17(20)15-19-8-6-14-22-19/h4-5,7,9,16,18-19,22H,6,8,10-15H2,1-3H3. The molecule has 0 radical (unpaired) electrons. The highest BCUT2D eigenvalue weighted by Crippen LogP contribution is 2.43. The zero-order valence-electron chi connectivity index (χ0n) is 14.7. The van der Waals surface area contributed by atoms with Gasteiger partial charge in [-0.2, -0.15) is 0 Å². The molecule has 1 heteroatoms. The molecule has 1 heterocycles. The number of rotatable bonds is 3. The molecule has 0 spiro atoms. The van der Waals surface area contributed by atoms with E-state index in [0.29, 0.717) is 11.5 Å². The van der Waals surface area contributed by atoms with E-state index in [1.807, 2.05) is 0 Å². The second-order valence-corrected chi connectivity index (χ2v) is 8.61. The third kappa shape index (κ3) is 3.74. The number of hydrogen-bond acceptors (Lipinski definition) is 1. The van der Waals surface area contributed by atoms with Crippen LogP contribution >= 0.6 is 0 Å². The average molecular weight is 300 g/mol. The molecular weight excluding hydrogens is 266 g/mol. The first-order valence-corrected chi connectivity index (χ1v) is 9.35. The fourth-order valence-corrected chi connectivity index (χ4v) is 4.59. The monoisotopic (exact) mass is 299 g/mol. The molecule has 1 saturated carbocycles. The van der Waals surface area contributed by atoms with Crippen LogP contribution in [0.4, 0.5) is 0 Å². The number of hydrogen-bond donors (Lipinski definition) is 1. The largest absolute Gasteiger partial charge is 0.314 e. The van der Waals surface area contributed by atoms with Gasteiger partial charge in [0.05, 0.1) is 0 Å². The van der Waals surface area contributed by atoms with Gasteiger partial charge in [0.25, 0.3) is 0 Å². The lowest BCUT2D eigenvalue weighted by atomic mass is 9.68. The predicted octanol–water partition coefficient (Wildman–Crippen LogP) is 5.30. The molecule has 1 nitrogen and oxygen atoms in total. The third-order valence-corrected chi connectivity index (χ3v) is 6.08. The van der Waals surface area contributed by atoms with Crippen molar-refractivity contribution < 1.29 is 0 Å². The van der Waals surface area contributed by atoms with Crippen LogP contribution in [0.2, 0.25) is 0 Å². The molecule has 1 unspecified atom stereocenters. The quantitative estimate of drug-likeness (QED) is 0.798. The Bertz CT molecular complexity index is 471. The van der Waals surface area contributed by atoms with Gasteiger partial charge in [-0.25, -0.2) is 0 Å². The molecule has 1 atom stereocenters. The smallest absolute Gasteiger partial charge is 0.0108 e. The highest BCUT2D eigenvalue weighted by Gasteiger charge is 2.31. The third-order valence-electron chi connectivity index (χ3n) is 6.08. The van der Waals surface area contributed by atoms with Gasteiger partial charge >= 0.3 is 0 Å². The maximum Gasteiger partial charge on any atom is 0.0108 e. The summed E-state index contributed by atoms with van der Waals surface area (Å²) >= 11 is 0. The zero-order chi connectivity index (χ0) is 15.6. The summed E-state index contributed by atoms with van der Waals surface area (Å²) < 4.78 is 0. The highest BCUT2D eigenvalue weighted by atomic mass is 14.9. The average Bonchev–Trinajstić information content (AvgIpc) is 3.00. The lowest BCUT2D eigenvalue weighted by Gasteiger charge is -2.37. The molecule has 122 valence electrons. The van der Waals surface area contributed by atoms with E-state index in [1.165, 1.54) is 51.5 Å². The number of nitrogens with one attached hydrogen (secondary N) is 1. The van der Waals surface area contributed by atoms with Gasteiger partial charge in [0, 0.05) is 6.04 Å². The minimum Gasteiger partial charge on any atom is -0.314 e. The fourth-order valence-electron chi connectivity index (χ4n) is 4.59. The lowest BCUT2D eigenvalue weighted by molar-refractivity contribution is 0.169. The van der Waals surface area contributed by atoms with Gasteiger partial charge in [-0.1, -0.05) is 45.0 Å². The first-order chi connectivity index (χ1) is 10.5. The van der Waals surface area contributed by atoms with Crippen molar-refractivity contribution in [2.24, 2.45) is 11.3 Å². The molecule has 22 heavy (non-hydrogen) atoms. The molecule has 0 amide bonds. The van der Waals surface area contributed by atoms with Crippen molar-refractivity contribution in [1.82, 2.24) is 5.32 Å². The second kappa shape index (κ2) is 6.74. The molecule has 0 aromatic heterocycles. The van der Waals surface area contributed by atoms with Crippen LogP contribution in [0, 0.1) is 11.3 Å². The lowest BCUT2D eigenvalue weighted by Crippen LogP contribution is -2.27. The summed E-state index contributed by atoms with van der Waals surface area (Å²) in [5.74, 6) is 1.71. The van der Waals surface area contributed by atoms with Crippen LogP contribution in [0.3, 0.4) is 0 Å². The SMILES string of the molecule is CC(C)(C)C1CCC(c2ccccc2CC2CCCN2)CC1. The van der Waals surface area contributed by atoms with Crippen LogP contribution in [0.5, 0.6) is 0 Å². The van der Waals surface area contributed by atoms with Crippen molar-refractivity contribution in [2.45, 2.75) is 77.7 Å². The number of benzene rings is 1. The zero-order valence-corrected chi connectivity index (χ0v) is 14.7. The Labute approximate surface area is 136 Å². The van der Waals surface area contributed by atoms with E-state index in [2.05, 4.69) is 50.4 Å². The van der Waals surface area contributed by atoms with Crippen LogP contribution in [-0.2, 0) is 6.42 Å². The first kappa shape index (κ1) is 16.1. The summed E-state index contributed by atoms with van der Waals surface area (Å²) in [6.07, 6.45) is 9.52. The second-order valence-electron chi connectivity index (χ2n) is 8.61. The Morgan fingerprint density at radius 2 is 1.73 bits per heavy atom. The summed E-state index contributed by atoms with van der Waals surface area (Å²) in [5.41, 5.74) is 3.75. The summed E-state index contributed by atoms with van der Waals surface area (Å²) in [6.45, 7) is 8.45. The normalized spacial score (nSPS) is 29.7.